The highest BCUT2D eigenvalue weighted by Crippen LogP contribution is 2.34. The predicted octanol–water partition coefficient (Wildman–Crippen LogP) is 3.50. The van der Waals surface area contributed by atoms with Gasteiger partial charge in [-0.15, -0.1) is 11.3 Å². The Morgan fingerprint density at radius 2 is 1.97 bits per heavy atom. The Balaban J connectivity index is 1.87. The molecule has 30 heavy (non-hydrogen) atoms. The number of primary amides is 1. The Morgan fingerprint density at radius 3 is 2.60 bits per heavy atom. The van der Waals surface area contributed by atoms with Gasteiger partial charge in [-0.25, -0.2) is 9.18 Å². The molecular weight excluding hydrogens is 411 g/mol. The molecule has 2 heterocycles. The van der Waals surface area contributed by atoms with Crippen LogP contribution in [0.4, 0.5) is 9.39 Å². The van der Waals surface area contributed by atoms with Crippen LogP contribution in [-0.4, -0.2) is 34.6 Å². The van der Waals surface area contributed by atoms with E-state index in [0.717, 1.165) is 11.3 Å². The van der Waals surface area contributed by atoms with Crippen LogP contribution in [0.25, 0.3) is 11.3 Å². The summed E-state index contributed by atoms with van der Waals surface area (Å²) in [6.07, 6.45) is 0.625. The summed E-state index contributed by atoms with van der Waals surface area (Å²) < 4.78 is 18.3. The maximum Gasteiger partial charge on any atom is 0.341 e. The van der Waals surface area contributed by atoms with Crippen molar-refractivity contribution in [2.24, 2.45) is 5.73 Å². The minimum absolute atomic E-state index is 0.0915. The number of halogens is 1. The third-order valence-corrected chi connectivity index (χ3v) is 5.42. The maximum absolute atomic E-state index is 13.1. The van der Waals surface area contributed by atoms with Crippen LogP contribution in [0, 0.1) is 12.7 Å². The molecule has 0 unspecified atom stereocenters. The van der Waals surface area contributed by atoms with E-state index in [4.69, 9.17) is 10.5 Å². The number of amides is 2. The van der Waals surface area contributed by atoms with Crippen LogP contribution in [0.5, 0.6) is 0 Å². The number of carbonyl (C=O) groups is 3. The first kappa shape index (κ1) is 21.2. The average molecular weight is 430 g/mol. The molecular formula is C20H19FN4O4S. The minimum Gasteiger partial charge on any atom is -0.462 e. The van der Waals surface area contributed by atoms with E-state index >= 15 is 0 Å². The van der Waals surface area contributed by atoms with E-state index in [2.05, 4.69) is 15.5 Å². The van der Waals surface area contributed by atoms with E-state index in [9.17, 15) is 18.8 Å². The molecule has 3 aromatic rings. The van der Waals surface area contributed by atoms with Crippen molar-refractivity contribution in [2.45, 2.75) is 20.3 Å². The second kappa shape index (κ2) is 8.87. The van der Waals surface area contributed by atoms with Crippen molar-refractivity contribution in [1.29, 1.82) is 0 Å². The fourth-order valence-corrected chi connectivity index (χ4v) is 3.77. The summed E-state index contributed by atoms with van der Waals surface area (Å²) in [5.41, 5.74) is 7.01. The number of benzene rings is 1. The monoisotopic (exact) mass is 430 g/mol. The number of carbonyl (C=O) groups excluding carboxylic acids is 3. The number of thiophene rings is 1. The van der Waals surface area contributed by atoms with Crippen LogP contribution >= 0.6 is 11.3 Å². The fraction of sp³-hybridized carbons (Fsp3) is 0.200. The van der Waals surface area contributed by atoms with E-state index in [-0.39, 0.29) is 33.6 Å². The molecule has 0 aliphatic heterocycles. The molecule has 0 fully saturated rings. The van der Waals surface area contributed by atoms with Crippen molar-refractivity contribution in [2.75, 3.05) is 11.9 Å². The van der Waals surface area contributed by atoms with Gasteiger partial charge in [0.2, 0.25) is 0 Å². The molecule has 2 amide bonds. The van der Waals surface area contributed by atoms with Crippen molar-refractivity contribution in [1.82, 2.24) is 10.2 Å². The van der Waals surface area contributed by atoms with Crippen LogP contribution in [-0.2, 0) is 4.74 Å². The molecule has 4 N–H and O–H groups in total. The van der Waals surface area contributed by atoms with Crippen LogP contribution < -0.4 is 11.1 Å². The standard InChI is InChI=1S/C20H19FN4O4S/c1-3-8-29-20(28)15-10(2)16(17(22)26)30-19(15)23-18(27)14-9-13(24-25-14)11-4-6-12(21)7-5-11/h4-7,9H,3,8H2,1-2H3,(H2,22,26)(H,23,27)(H,24,25). The van der Waals surface area contributed by atoms with Gasteiger partial charge in [-0.2, -0.15) is 5.10 Å². The number of hydrogen-bond acceptors (Lipinski definition) is 6. The van der Waals surface area contributed by atoms with Gasteiger partial charge in [0.05, 0.1) is 22.7 Å². The summed E-state index contributed by atoms with van der Waals surface area (Å²) in [5.74, 6) is -2.31. The first-order valence-electron chi connectivity index (χ1n) is 9.04. The van der Waals surface area contributed by atoms with Crippen molar-refractivity contribution in [3.63, 3.8) is 0 Å². The number of rotatable bonds is 7. The highest BCUT2D eigenvalue weighted by atomic mass is 32.1. The Kier molecular flexibility index (Phi) is 6.26. The van der Waals surface area contributed by atoms with Gasteiger partial charge < -0.3 is 15.8 Å². The summed E-state index contributed by atoms with van der Waals surface area (Å²) in [7, 11) is 0. The van der Waals surface area contributed by atoms with Crippen molar-refractivity contribution < 1.29 is 23.5 Å². The molecule has 0 atom stereocenters. The lowest BCUT2D eigenvalue weighted by atomic mass is 10.1. The highest BCUT2D eigenvalue weighted by molar-refractivity contribution is 7.18. The van der Waals surface area contributed by atoms with Crippen molar-refractivity contribution >= 4 is 34.1 Å². The molecule has 156 valence electrons. The van der Waals surface area contributed by atoms with Gasteiger partial charge in [-0.3, -0.25) is 14.7 Å². The molecule has 0 bridgehead atoms. The minimum atomic E-state index is -0.706. The van der Waals surface area contributed by atoms with Gasteiger partial charge in [0.25, 0.3) is 11.8 Å². The smallest absolute Gasteiger partial charge is 0.341 e. The molecule has 8 nitrogen and oxygen atoms in total. The van der Waals surface area contributed by atoms with E-state index in [1.54, 1.807) is 6.92 Å². The van der Waals surface area contributed by atoms with Gasteiger partial charge in [-0.05, 0) is 49.2 Å². The summed E-state index contributed by atoms with van der Waals surface area (Å²) in [4.78, 5) is 37.0. The molecule has 0 spiro atoms. The molecule has 0 radical (unpaired) electrons. The first-order valence-corrected chi connectivity index (χ1v) is 9.86. The third-order valence-electron chi connectivity index (χ3n) is 4.20. The van der Waals surface area contributed by atoms with E-state index in [1.165, 1.54) is 30.3 Å². The van der Waals surface area contributed by atoms with Gasteiger partial charge in [0.15, 0.2) is 0 Å². The highest BCUT2D eigenvalue weighted by Gasteiger charge is 2.26. The van der Waals surface area contributed by atoms with Crippen LogP contribution in [0.2, 0.25) is 0 Å². The Morgan fingerprint density at radius 1 is 1.27 bits per heavy atom. The lowest BCUT2D eigenvalue weighted by Crippen LogP contribution is -2.15. The average Bonchev–Trinajstić information content (AvgIpc) is 3.32. The Labute approximate surface area is 175 Å². The largest absolute Gasteiger partial charge is 0.462 e. The Bertz CT molecular complexity index is 1100. The zero-order valence-corrected chi connectivity index (χ0v) is 17.1. The maximum atomic E-state index is 13.1. The number of nitrogens with zero attached hydrogens (tertiary/aromatic N) is 1. The van der Waals surface area contributed by atoms with Crippen molar-refractivity contribution in [3.8, 4) is 11.3 Å². The van der Waals surface area contributed by atoms with Gasteiger partial charge >= 0.3 is 5.97 Å². The molecule has 10 heteroatoms. The number of hydrogen-bond donors (Lipinski definition) is 3. The molecule has 0 saturated carbocycles. The molecule has 0 aliphatic rings. The lowest BCUT2D eigenvalue weighted by Gasteiger charge is -2.07. The third kappa shape index (κ3) is 4.38. The zero-order chi connectivity index (χ0) is 21.8. The van der Waals surface area contributed by atoms with E-state index in [1.807, 2.05) is 6.92 Å². The zero-order valence-electron chi connectivity index (χ0n) is 16.2. The fourth-order valence-electron chi connectivity index (χ4n) is 2.73. The SMILES string of the molecule is CCCOC(=O)c1c(NC(=O)c2cc(-c3ccc(F)cc3)n[nH]2)sc(C(N)=O)c1C. The van der Waals surface area contributed by atoms with E-state index < -0.39 is 17.8 Å². The Hall–Kier alpha value is -3.53. The number of ether oxygens (including phenoxy) is 1. The number of anilines is 1. The topological polar surface area (TPSA) is 127 Å². The molecule has 3 rings (SSSR count). The molecule has 0 aliphatic carbocycles. The summed E-state index contributed by atoms with van der Waals surface area (Å²) >= 11 is 0.901. The quantitative estimate of drug-likeness (QED) is 0.494. The van der Waals surface area contributed by atoms with Crippen LogP contribution in [0.1, 0.15) is 49.4 Å². The van der Waals surface area contributed by atoms with E-state index in [0.29, 0.717) is 23.2 Å². The van der Waals surface area contributed by atoms with Crippen LogP contribution in [0.3, 0.4) is 0 Å². The number of esters is 1. The molecule has 2 aromatic heterocycles. The van der Waals surface area contributed by atoms with Gasteiger partial charge in [0.1, 0.15) is 16.5 Å². The lowest BCUT2D eigenvalue weighted by molar-refractivity contribution is 0.0506. The number of nitrogens with one attached hydrogen (secondary N) is 2. The number of H-pyrrole nitrogens is 1. The summed E-state index contributed by atoms with van der Waals surface area (Å²) in [5, 5.41) is 9.44. The van der Waals surface area contributed by atoms with Gasteiger partial charge in [0, 0.05) is 5.56 Å². The molecule has 0 saturated heterocycles. The second-order valence-electron chi connectivity index (χ2n) is 6.39. The van der Waals surface area contributed by atoms with Crippen molar-refractivity contribution in [3.05, 3.63) is 57.8 Å². The van der Waals surface area contributed by atoms with Gasteiger partial charge in [-0.1, -0.05) is 6.92 Å². The predicted molar refractivity (Wildman–Crippen MR) is 110 cm³/mol. The number of nitrogens with two attached hydrogens (primary N) is 1. The number of aromatic amines is 1. The van der Waals surface area contributed by atoms with Crippen LogP contribution in [0.15, 0.2) is 30.3 Å². The normalized spacial score (nSPS) is 10.6. The molecule has 1 aromatic carbocycles. The summed E-state index contributed by atoms with van der Waals surface area (Å²) in [6.45, 7) is 3.62. The summed E-state index contributed by atoms with van der Waals surface area (Å²) in [6, 6.07) is 7.15. The first-order chi connectivity index (χ1) is 14.3. The number of aromatic nitrogens is 2. The second-order valence-corrected chi connectivity index (χ2v) is 7.41.